The highest BCUT2D eigenvalue weighted by molar-refractivity contribution is 7.13. The SMILES string of the molecule is COCC(=O)N(CCC(N)CF)C(c1nc(-c2nccs2)cn1Cc1ccccc1)C(C)(C)C. The normalized spacial score (nSPS) is 13.6. The number of carbonyl (C=O) groups is 1. The Balaban J connectivity index is 2.10. The second-order valence-electron chi connectivity index (χ2n) is 9.43. The number of hydrogen-bond donors (Lipinski definition) is 1. The molecule has 2 N–H and O–H groups in total. The molecule has 9 heteroatoms. The van der Waals surface area contributed by atoms with Gasteiger partial charge in [-0.1, -0.05) is 51.1 Å². The fourth-order valence-electron chi connectivity index (χ4n) is 3.99. The second-order valence-corrected chi connectivity index (χ2v) is 10.3. The number of halogens is 1. The molecular formula is C25H34FN5O2S. The molecule has 0 aliphatic carbocycles. The summed E-state index contributed by atoms with van der Waals surface area (Å²) in [5.41, 5.74) is 7.38. The maximum absolute atomic E-state index is 13.2. The van der Waals surface area contributed by atoms with Crippen molar-refractivity contribution in [1.29, 1.82) is 0 Å². The predicted octanol–water partition coefficient (Wildman–Crippen LogP) is 4.30. The maximum Gasteiger partial charge on any atom is 0.249 e. The van der Waals surface area contributed by atoms with Crippen molar-refractivity contribution in [3.8, 4) is 10.7 Å². The van der Waals surface area contributed by atoms with E-state index in [1.165, 1.54) is 18.4 Å². The number of ether oxygens (including phenoxy) is 1. The lowest BCUT2D eigenvalue weighted by atomic mass is 9.84. The van der Waals surface area contributed by atoms with Crippen molar-refractivity contribution in [2.24, 2.45) is 11.1 Å². The first kappa shape index (κ1) is 26.0. The van der Waals surface area contributed by atoms with Gasteiger partial charge in [-0.05, 0) is 17.4 Å². The van der Waals surface area contributed by atoms with Crippen molar-refractivity contribution in [2.45, 2.75) is 45.8 Å². The van der Waals surface area contributed by atoms with Gasteiger partial charge in [0.2, 0.25) is 5.91 Å². The molecule has 3 aromatic rings. The highest BCUT2D eigenvalue weighted by atomic mass is 32.1. The Morgan fingerprint density at radius 2 is 2.03 bits per heavy atom. The van der Waals surface area contributed by atoms with Crippen molar-refractivity contribution < 1.29 is 13.9 Å². The molecule has 7 nitrogen and oxygen atoms in total. The second kappa shape index (κ2) is 11.7. The fraction of sp³-hybridized carbons (Fsp3) is 0.480. The van der Waals surface area contributed by atoms with Crippen LogP contribution in [-0.4, -0.2) is 58.3 Å². The van der Waals surface area contributed by atoms with Gasteiger partial charge in [0.15, 0.2) is 0 Å². The van der Waals surface area contributed by atoms with Crippen molar-refractivity contribution in [3.05, 3.63) is 59.5 Å². The molecule has 2 aromatic heterocycles. The quantitative estimate of drug-likeness (QED) is 0.436. The molecule has 34 heavy (non-hydrogen) atoms. The summed E-state index contributed by atoms with van der Waals surface area (Å²) in [7, 11) is 1.49. The third-order valence-electron chi connectivity index (χ3n) is 5.56. The average molecular weight is 488 g/mol. The van der Waals surface area contributed by atoms with Crippen LogP contribution >= 0.6 is 11.3 Å². The number of methoxy groups -OCH3 is 1. The highest BCUT2D eigenvalue weighted by Gasteiger charge is 2.38. The Labute approximate surface area is 204 Å². The summed E-state index contributed by atoms with van der Waals surface area (Å²) < 4.78 is 20.4. The Morgan fingerprint density at radius 3 is 2.62 bits per heavy atom. The number of nitrogens with two attached hydrogens (primary N) is 1. The zero-order valence-corrected chi connectivity index (χ0v) is 21.1. The molecule has 0 fully saturated rings. The summed E-state index contributed by atoms with van der Waals surface area (Å²) in [5, 5.41) is 2.73. The predicted molar refractivity (Wildman–Crippen MR) is 133 cm³/mol. The van der Waals surface area contributed by atoms with E-state index in [-0.39, 0.29) is 24.0 Å². The minimum atomic E-state index is -0.636. The molecule has 0 spiro atoms. The van der Waals surface area contributed by atoms with E-state index in [4.69, 9.17) is 15.5 Å². The molecule has 0 aliphatic rings. The molecule has 2 heterocycles. The first-order valence-corrected chi connectivity index (χ1v) is 12.2. The standard InChI is InChI=1S/C25H34FN5O2S/c1-25(2,3)22(31(21(32)17-33-4)12-10-19(27)14-26)23-29-20(24-28-11-13-34-24)16-30(23)15-18-8-6-5-7-9-18/h5-9,11,13,16,19,22H,10,12,14-15,17,27H2,1-4H3. The smallest absolute Gasteiger partial charge is 0.249 e. The average Bonchev–Trinajstić information content (AvgIpc) is 3.46. The van der Waals surface area contributed by atoms with Gasteiger partial charge in [0.25, 0.3) is 0 Å². The summed E-state index contributed by atoms with van der Waals surface area (Å²) in [4.78, 5) is 24.4. The van der Waals surface area contributed by atoms with Gasteiger partial charge in [-0.3, -0.25) is 4.79 Å². The Morgan fingerprint density at radius 1 is 1.29 bits per heavy atom. The lowest BCUT2D eigenvalue weighted by Crippen LogP contribution is -2.45. The fourth-order valence-corrected chi connectivity index (χ4v) is 4.58. The number of rotatable bonds is 11. The molecule has 184 valence electrons. The van der Waals surface area contributed by atoms with E-state index < -0.39 is 12.7 Å². The van der Waals surface area contributed by atoms with Gasteiger partial charge < -0.3 is 19.9 Å². The topological polar surface area (TPSA) is 86.3 Å². The lowest BCUT2D eigenvalue weighted by molar-refractivity contribution is -0.140. The van der Waals surface area contributed by atoms with E-state index in [2.05, 4.69) is 42.5 Å². The number of imidazole rings is 1. The number of amides is 1. The van der Waals surface area contributed by atoms with Gasteiger partial charge >= 0.3 is 0 Å². The van der Waals surface area contributed by atoms with Crippen LogP contribution in [0.3, 0.4) is 0 Å². The first-order chi connectivity index (χ1) is 16.2. The summed E-state index contributed by atoms with van der Waals surface area (Å²) in [5.74, 6) is 0.568. The molecule has 1 aromatic carbocycles. The number of alkyl halides is 1. The van der Waals surface area contributed by atoms with Crippen LogP contribution in [0.25, 0.3) is 10.7 Å². The zero-order valence-electron chi connectivity index (χ0n) is 20.3. The van der Waals surface area contributed by atoms with E-state index in [9.17, 15) is 9.18 Å². The first-order valence-electron chi connectivity index (χ1n) is 11.4. The van der Waals surface area contributed by atoms with Gasteiger partial charge in [-0.25, -0.2) is 14.4 Å². The Hall–Kier alpha value is -2.62. The summed E-state index contributed by atoms with van der Waals surface area (Å²) in [6, 6.07) is 9.09. The van der Waals surface area contributed by atoms with E-state index in [0.717, 1.165) is 22.1 Å². The third kappa shape index (κ3) is 6.49. The van der Waals surface area contributed by atoms with E-state index in [0.29, 0.717) is 19.5 Å². The van der Waals surface area contributed by atoms with E-state index in [1.807, 2.05) is 29.8 Å². The number of thiazole rings is 1. The summed E-state index contributed by atoms with van der Waals surface area (Å²) >= 11 is 1.52. The van der Waals surface area contributed by atoms with Crippen molar-refractivity contribution in [1.82, 2.24) is 19.4 Å². The zero-order chi connectivity index (χ0) is 24.7. The molecule has 1 amide bonds. The largest absolute Gasteiger partial charge is 0.375 e. The molecular weight excluding hydrogens is 453 g/mol. The van der Waals surface area contributed by atoms with Crippen LogP contribution in [0, 0.1) is 5.41 Å². The van der Waals surface area contributed by atoms with Gasteiger partial charge in [0.1, 0.15) is 29.8 Å². The Kier molecular flexibility index (Phi) is 8.93. The van der Waals surface area contributed by atoms with Gasteiger partial charge in [-0.15, -0.1) is 11.3 Å². The number of aromatic nitrogens is 3. The number of hydrogen-bond acceptors (Lipinski definition) is 6. The molecule has 3 rings (SSSR count). The maximum atomic E-state index is 13.2. The molecule has 0 saturated carbocycles. The van der Waals surface area contributed by atoms with Crippen LogP contribution in [0.15, 0.2) is 48.1 Å². The van der Waals surface area contributed by atoms with Crippen LogP contribution < -0.4 is 5.73 Å². The summed E-state index contributed by atoms with van der Waals surface area (Å²) in [6.45, 7) is 6.41. The van der Waals surface area contributed by atoms with Crippen LogP contribution in [0.4, 0.5) is 4.39 Å². The number of carbonyl (C=O) groups excluding carboxylic acids is 1. The van der Waals surface area contributed by atoms with E-state index in [1.54, 1.807) is 11.1 Å². The molecule has 0 bridgehead atoms. The third-order valence-corrected chi connectivity index (χ3v) is 6.35. The van der Waals surface area contributed by atoms with Crippen LogP contribution in [0.1, 0.15) is 44.6 Å². The minimum Gasteiger partial charge on any atom is -0.375 e. The monoisotopic (exact) mass is 487 g/mol. The molecule has 2 atom stereocenters. The van der Waals surface area contributed by atoms with Crippen molar-refractivity contribution in [3.63, 3.8) is 0 Å². The van der Waals surface area contributed by atoms with Crippen molar-refractivity contribution in [2.75, 3.05) is 26.9 Å². The van der Waals surface area contributed by atoms with Crippen LogP contribution in [-0.2, 0) is 16.1 Å². The number of nitrogens with zero attached hydrogens (tertiary/aromatic N) is 4. The minimum absolute atomic E-state index is 0.0732. The molecule has 0 aliphatic heterocycles. The summed E-state index contributed by atoms with van der Waals surface area (Å²) in [6.07, 6.45) is 4.09. The van der Waals surface area contributed by atoms with Gasteiger partial charge in [0, 0.05) is 44.0 Å². The van der Waals surface area contributed by atoms with Crippen molar-refractivity contribution >= 4 is 17.2 Å². The highest BCUT2D eigenvalue weighted by Crippen LogP contribution is 2.39. The van der Waals surface area contributed by atoms with Crippen LogP contribution in [0.2, 0.25) is 0 Å². The van der Waals surface area contributed by atoms with Gasteiger partial charge in [0.05, 0.1) is 6.04 Å². The molecule has 0 radical (unpaired) electrons. The molecule has 2 unspecified atom stereocenters. The molecule has 0 saturated heterocycles. The Bertz CT molecular complexity index is 1030. The lowest BCUT2D eigenvalue weighted by Gasteiger charge is -2.40. The van der Waals surface area contributed by atoms with Crippen LogP contribution in [0.5, 0.6) is 0 Å². The van der Waals surface area contributed by atoms with E-state index >= 15 is 0 Å². The number of benzene rings is 1. The van der Waals surface area contributed by atoms with Gasteiger partial charge in [-0.2, -0.15) is 0 Å².